The highest BCUT2D eigenvalue weighted by atomic mass is 32.1. The van der Waals surface area contributed by atoms with Gasteiger partial charge in [-0.25, -0.2) is 15.0 Å². The molecule has 8 aromatic carbocycles. The molecule has 3 aromatic heterocycles. The molecule has 0 amide bonds. The summed E-state index contributed by atoms with van der Waals surface area (Å²) in [4.78, 5) is 14.8. The third kappa shape index (κ3) is 4.36. The Morgan fingerprint density at radius 3 is 1.73 bits per heavy atom. The van der Waals surface area contributed by atoms with Gasteiger partial charge in [-0.1, -0.05) is 133 Å². The van der Waals surface area contributed by atoms with E-state index in [0.29, 0.717) is 27.6 Å². The lowest BCUT2D eigenvalue weighted by molar-refractivity contribution is 1.07. The molecule has 52 heavy (non-hydrogen) atoms. The van der Waals surface area contributed by atoms with Crippen molar-refractivity contribution in [1.29, 1.82) is 0 Å². The molecule has 242 valence electrons. The zero-order valence-electron chi connectivity index (χ0n) is 31.6. The highest BCUT2D eigenvalue weighted by Crippen LogP contribution is 2.49. The van der Waals surface area contributed by atoms with E-state index in [1.54, 1.807) is 0 Å². The zero-order chi connectivity index (χ0) is 37.7. The molecule has 0 radical (unpaired) electrons. The summed E-state index contributed by atoms with van der Waals surface area (Å²) in [5.74, 6) is 1.79. The van der Waals surface area contributed by atoms with E-state index in [0.717, 1.165) is 75.8 Å². The second-order valence-corrected chi connectivity index (χ2v) is 13.9. The average molecular weight is 685 g/mol. The summed E-state index contributed by atoms with van der Waals surface area (Å²) in [6.07, 6.45) is 0. The lowest BCUT2D eigenvalue weighted by Gasteiger charge is -2.12. The van der Waals surface area contributed by atoms with Gasteiger partial charge in [-0.3, -0.25) is 0 Å². The van der Waals surface area contributed by atoms with E-state index in [2.05, 4.69) is 71.3 Å². The summed E-state index contributed by atoms with van der Waals surface area (Å²) in [7, 11) is 0. The third-order valence-corrected chi connectivity index (χ3v) is 11.1. The number of aromatic nitrogens is 4. The van der Waals surface area contributed by atoms with Crippen molar-refractivity contribution in [3.63, 3.8) is 0 Å². The Bertz CT molecular complexity index is 3340. The van der Waals surface area contributed by atoms with Crippen LogP contribution in [0.4, 0.5) is 0 Å². The molecule has 0 aliphatic rings. The van der Waals surface area contributed by atoms with E-state index in [9.17, 15) is 0 Å². The molecule has 0 saturated carbocycles. The van der Waals surface area contributed by atoms with Crippen LogP contribution in [-0.2, 0) is 0 Å². The van der Waals surface area contributed by atoms with Gasteiger partial charge >= 0.3 is 0 Å². The molecule has 4 nitrogen and oxygen atoms in total. The highest BCUT2D eigenvalue weighted by molar-refractivity contribution is 7.27. The number of nitrogens with zero attached hydrogens (tertiary/aromatic N) is 4. The topological polar surface area (TPSA) is 43.6 Å². The summed E-state index contributed by atoms with van der Waals surface area (Å²) in [5, 5.41) is 7.71. The van der Waals surface area contributed by atoms with Gasteiger partial charge in [-0.15, -0.1) is 11.3 Å². The number of fused-ring (bicyclic) bond motifs is 12. The molecule has 0 N–H and O–H groups in total. The highest BCUT2D eigenvalue weighted by Gasteiger charge is 2.23. The molecule has 11 rings (SSSR count). The van der Waals surface area contributed by atoms with Crippen LogP contribution in [0.25, 0.3) is 103 Å². The minimum absolute atomic E-state index is 0.00668. The fourth-order valence-corrected chi connectivity index (χ4v) is 8.84. The van der Waals surface area contributed by atoms with Crippen LogP contribution in [0, 0.1) is 0 Å². The van der Waals surface area contributed by atoms with Gasteiger partial charge in [0.05, 0.1) is 16.5 Å². The van der Waals surface area contributed by atoms with Crippen LogP contribution < -0.4 is 0 Å². The maximum Gasteiger partial charge on any atom is 0.164 e. The molecule has 0 atom stereocenters. The van der Waals surface area contributed by atoms with Crippen molar-refractivity contribution in [1.82, 2.24) is 19.5 Å². The summed E-state index contributed by atoms with van der Waals surface area (Å²) < 4.78 is 38.9. The first kappa shape index (κ1) is 25.3. The molecule has 0 fully saturated rings. The van der Waals surface area contributed by atoms with Crippen LogP contribution >= 0.6 is 11.3 Å². The normalized spacial score (nSPS) is 12.9. The molecule has 0 saturated heterocycles. The Balaban J connectivity index is 1.21. The van der Waals surface area contributed by atoms with Crippen LogP contribution in [0.2, 0.25) is 0 Å². The molecule has 0 aliphatic carbocycles. The lowest BCUT2D eigenvalue weighted by Crippen LogP contribution is -2.00. The SMILES string of the molecule is [2H]c1c([2H])c([2H])c2c(sc3c2c2ccccc2c2c3c3c4ccccc4ccc3n2-c2ccc(-c3nc(-c4ccccc4)nc(-c4ccccc4)n3)cc2)c1[2H]. The minimum Gasteiger partial charge on any atom is -0.309 e. The maximum atomic E-state index is 9.05. The van der Waals surface area contributed by atoms with Crippen molar-refractivity contribution < 1.29 is 5.48 Å². The van der Waals surface area contributed by atoms with E-state index in [1.807, 2.05) is 78.9 Å². The molecule has 3 heterocycles. The molecular formula is C47H28N4S. The molecule has 0 aliphatic heterocycles. The van der Waals surface area contributed by atoms with Gasteiger partial charge < -0.3 is 4.57 Å². The van der Waals surface area contributed by atoms with E-state index >= 15 is 0 Å². The maximum absolute atomic E-state index is 9.05. The Hall–Kier alpha value is -6.69. The Labute approximate surface area is 308 Å². The molecule has 5 heteroatoms. The minimum atomic E-state index is -0.218. The summed E-state index contributed by atoms with van der Waals surface area (Å²) >= 11 is 1.45. The monoisotopic (exact) mass is 684 g/mol. The fraction of sp³-hybridized carbons (Fsp3) is 0. The smallest absolute Gasteiger partial charge is 0.164 e. The van der Waals surface area contributed by atoms with Crippen LogP contribution in [0.5, 0.6) is 0 Å². The van der Waals surface area contributed by atoms with Crippen LogP contribution in [0.15, 0.2) is 170 Å². The quantitative estimate of drug-likeness (QED) is 0.185. The standard InChI is InChI=1S/C47H28N4S/c1-3-14-30(15-4-1)45-48-46(31-16-5-2-6-17-31)50-47(49-45)32-23-26-33(27-24-32)51-38-28-25-29-13-7-8-18-34(29)41(38)42-43(51)36-20-10-9-19-35(36)40-37-21-11-12-22-39(37)52-44(40)42/h1-28H/i11D,12D,21D,22D. The van der Waals surface area contributed by atoms with E-state index < -0.39 is 0 Å². The summed E-state index contributed by atoms with van der Waals surface area (Å²) in [5.41, 5.74) is 5.69. The first-order valence-electron chi connectivity index (χ1n) is 19.1. The average Bonchev–Trinajstić information content (AvgIpc) is 3.84. The van der Waals surface area contributed by atoms with Gasteiger partial charge in [0.15, 0.2) is 17.5 Å². The number of rotatable bonds is 4. The van der Waals surface area contributed by atoms with Gasteiger partial charge in [0.1, 0.15) is 0 Å². The number of benzene rings is 8. The molecule has 0 unspecified atom stereocenters. The van der Waals surface area contributed by atoms with Crippen molar-refractivity contribution in [3.05, 3.63) is 170 Å². The predicted molar refractivity (Wildman–Crippen MR) is 218 cm³/mol. The molecule has 11 aromatic rings. The summed E-state index contributed by atoms with van der Waals surface area (Å²) in [6, 6.07) is 48.8. The third-order valence-electron chi connectivity index (χ3n) is 9.95. The van der Waals surface area contributed by atoms with Crippen molar-refractivity contribution in [2.75, 3.05) is 0 Å². The van der Waals surface area contributed by atoms with Gasteiger partial charge in [-0.2, -0.15) is 0 Å². The van der Waals surface area contributed by atoms with E-state index in [4.69, 9.17) is 20.4 Å². The van der Waals surface area contributed by atoms with E-state index in [-0.39, 0.29) is 24.2 Å². The molecular weight excluding hydrogens is 653 g/mol. The van der Waals surface area contributed by atoms with Crippen molar-refractivity contribution in [2.24, 2.45) is 0 Å². The van der Waals surface area contributed by atoms with Crippen LogP contribution in [-0.4, -0.2) is 19.5 Å². The number of hydrogen-bond acceptors (Lipinski definition) is 4. The second kappa shape index (κ2) is 11.4. The first-order chi connectivity index (χ1) is 27.5. The van der Waals surface area contributed by atoms with Crippen LogP contribution in [0.1, 0.15) is 5.48 Å². The predicted octanol–water partition coefficient (Wildman–Crippen LogP) is 12.6. The largest absolute Gasteiger partial charge is 0.309 e. The molecule has 0 spiro atoms. The Morgan fingerprint density at radius 1 is 0.462 bits per heavy atom. The molecule has 0 bridgehead atoms. The second-order valence-electron chi connectivity index (χ2n) is 12.9. The Morgan fingerprint density at radius 2 is 1.04 bits per heavy atom. The van der Waals surface area contributed by atoms with Gasteiger partial charge in [-0.05, 0) is 52.5 Å². The lowest BCUT2D eigenvalue weighted by atomic mass is 9.98. The number of thiophene rings is 1. The summed E-state index contributed by atoms with van der Waals surface area (Å²) in [6.45, 7) is 0. The van der Waals surface area contributed by atoms with E-state index in [1.165, 1.54) is 11.3 Å². The van der Waals surface area contributed by atoms with Crippen molar-refractivity contribution in [2.45, 2.75) is 0 Å². The first-order valence-corrected chi connectivity index (χ1v) is 17.9. The fourth-order valence-electron chi connectivity index (χ4n) is 7.66. The van der Waals surface area contributed by atoms with Gasteiger partial charge in [0, 0.05) is 58.7 Å². The van der Waals surface area contributed by atoms with Gasteiger partial charge in [0.25, 0.3) is 0 Å². The zero-order valence-corrected chi connectivity index (χ0v) is 28.4. The van der Waals surface area contributed by atoms with Crippen molar-refractivity contribution in [3.8, 4) is 39.9 Å². The van der Waals surface area contributed by atoms with Crippen LogP contribution in [0.3, 0.4) is 0 Å². The Kier molecular flexibility index (Phi) is 5.55. The number of hydrogen-bond donors (Lipinski definition) is 0. The van der Waals surface area contributed by atoms with Crippen molar-refractivity contribution >= 4 is 74.9 Å². The van der Waals surface area contributed by atoms with Gasteiger partial charge in [0.2, 0.25) is 0 Å².